The number of amides is 1. The topological polar surface area (TPSA) is 49.3 Å². The second-order valence-electron chi connectivity index (χ2n) is 5.03. The quantitative estimate of drug-likeness (QED) is 0.836. The lowest BCUT2D eigenvalue weighted by Gasteiger charge is -2.09. The Bertz CT molecular complexity index is 418. The average Bonchev–Trinajstić information content (AvgIpc) is 3.16. The smallest absolute Gasteiger partial charge is 0.223 e. The molecule has 18 heavy (non-hydrogen) atoms. The molecule has 3 atom stereocenters. The number of nitrogens with one attached hydrogen (secondary N) is 1. The fourth-order valence-corrected chi connectivity index (χ4v) is 2.03. The number of aliphatic hydroxyl groups is 1. The molecule has 1 amide bonds. The van der Waals surface area contributed by atoms with Gasteiger partial charge in [0.1, 0.15) is 5.82 Å². The van der Waals surface area contributed by atoms with Gasteiger partial charge in [0, 0.05) is 19.1 Å². The highest BCUT2D eigenvalue weighted by Gasteiger charge is 2.43. The number of hydrogen-bond acceptors (Lipinski definition) is 2. The first-order valence-electron chi connectivity index (χ1n) is 6.26. The van der Waals surface area contributed by atoms with Crippen LogP contribution in [0.3, 0.4) is 0 Å². The third kappa shape index (κ3) is 3.07. The molecular weight excluding hydrogens is 233 g/mol. The maximum absolute atomic E-state index is 12.8. The summed E-state index contributed by atoms with van der Waals surface area (Å²) in [6.07, 6.45) is 0.824. The van der Waals surface area contributed by atoms with Crippen LogP contribution in [0.4, 0.5) is 4.39 Å². The molecule has 0 saturated heterocycles. The van der Waals surface area contributed by atoms with E-state index in [9.17, 15) is 9.18 Å². The molecule has 0 heterocycles. The van der Waals surface area contributed by atoms with E-state index in [1.807, 2.05) is 6.92 Å². The van der Waals surface area contributed by atoms with E-state index >= 15 is 0 Å². The first-order valence-corrected chi connectivity index (χ1v) is 6.26. The van der Waals surface area contributed by atoms with Crippen molar-refractivity contribution in [2.45, 2.75) is 19.3 Å². The van der Waals surface area contributed by atoms with E-state index in [4.69, 9.17) is 5.11 Å². The van der Waals surface area contributed by atoms with Crippen molar-refractivity contribution < 1.29 is 14.3 Å². The van der Waals surface area contributed by atoms with Gasteiger partial charge in [-0.2, -0.15) is 0 Å². The van der Waals surface area contributed by atoms with E-state index in [2.05, 4.69) is 5.32 Å². The van der Waals surface area contributed by atoms with Gasteiger partial charge in [-0.05, 0) is 36.0 Å². The monoisotopic (exact) mass is 251 g/mol. The number of benzene rings is 1. The van der Waals surface area contributed by atoms with Gasteiger partial charge in [-0.15, -0.1) is 0 Å². The van der Waals surface area contributed by atoms with Crippen molar-refractivity contribution >= 4 is 5.91 Å². The lowest BCUT2D eigenvalue weighted by Crippen LogP contribution is -2.31. The van der Waals surface area contributed by atoms with Gasteiger partial charge in [0.05, 0.1) is 0 Å². The highest BCUT2D eigenvalue weighted by Crippen LogP contribution is 2.47. The SMILES string of the molecule is CC(CO)CNC(=O)C1CC1c1ccc(F)cc1. The Morgan fingerprint density at radius 1 is 1.50 bits per heavy atom. The van der Waals surface area contributed by atoms with Crippen LogP contribution in [-0.4, -0.2) is 24.2 Å². The summed E-state index contributed by atoms with van der Waals surface area (Å²) in [5, 5.41) is 11.7. The summed E-state index contributed by atoms with van der Waals surface area (Å²) >= 11 is 0. The number of aliphatic hydroxyl groups excluding tert-OH is 1. The fraction of sp³-hybridized carbons (Fsp3) is 0.500. The Morgan fingerprint density at radius 3 is 2.78 bits per heavy atom. The molecule has 3 unspecified atom stereocenters. The highest BCUT2D eigenvalue weighted by molar-refractivity contribution is 5.82. The first-order chi connectivity index (χ1) is 8.61. The molecule has 0 radical (unpaired) electrons. The summed E-state index contributed by atoms with van der Waals surface area (Å²) in [6, 6.07) is 6.33. The van der Waals surface area contributed by atoms with E-state index in [1.165, 1.54) is 12.1 Å². The van der Waals surface area contributed by atoms with Crippen molar-refractivity contribution in [3.63, 3.8) is 0 Å². The first kappa shape index (κ1) is 13.0. The molecule has 1 saturated carbocycles. The summed E-state index contributed by atoms with van der Waals surface area (Å²) in [5.41, 5.74) is 1.02. The van der Waals surface area contributed by atoms with Gasteiger partial charge in [0.25, 0.3) is 0 Å². The summed E-state index contributed by atoms with van der Waals surface area (Å²) < 4.78 is 12.8. The lowest BCUT2D eigenvalue weighted by atomic mass is 10.1. The molecular formula is C14H18FNO2. The molecule has 98 valence electrons. The van der Waals surface area contributed by atoms with Crippen LogP contribution in [0.5, 0.6) is 0 Å². The van der Waals surface area contributed by atoms with Gasteiger partial charge in [0.15, 0.2) is 0 Å². The van der Waals surface area contributed by atoms with Crippen LogP contribution in [0.2, 0.25) is 0 Å². The van der Waals surface area contributed by atoms with Crippen LogP contribution in [0, 0.1) is 17.7 Å². The van der Waals surface area contributed by atoms with E-state index in [0.29, 0.717) is 6.54 Å². The maximum atomic E-state index is 12.8. The van der Waals surface area contributed by atoms with Crippen LogP contribution >= 0.6 is 0 Å². The lowest BCUT2D eigenvalue weighted by molar-refractivity contribution is -0.122. The van der Waals surface area contributed by atoms with Crippen molar-refractivity contribution in [1.29, 1.82) is 0 Å². The number of carbonyl (C=O) groups excluding carboxylic acids is 1. The number of rotatable bonds is 5. The summed E-state index contributed by atoms with van der Waals surface area (Å²) in [5.74, 6) is 0.0788. The summed E-state index contributed by atoms with van der Waals surface area (Å²) in [7, 11) is 0. The van der Waals surface area contributed by atoms with E-state index in [0.717, 1.165) is 12.0 Å². The zero-order valence-corrected chi connectivity index (χ0v) is 10.4. The van der Waals surface area contributed by atoms with Gasteiger partial charge < -0.3 is 10.4 Å². The molecule has 1 fully saturated rings. The maximum Gasteiger partial charge on any atom is 0.223 e. The Morgan fingerprint density at radius 2 is 2.17 bits per heavy atom. The molecule has 2 N–H and O–H groups in total. The Kier molecular flexibility index (Phi) is 3.97. The Balaban J connectivity index is 1.83. The molecule has 1 aliphatic rings. The van der Waals surface area contributed by atoms with Gasteiger partial charge >= 0.3 is 0 Å². The molecule has 4 heteroatoms. The van der Waals surface area contributed by atoms with Gasteiger partial charge in [-0.1, -0.05) is 19.1 Å². The van der Waals surface area contributed by atoms with E-state index in [1.54, 1.807) is 12.1 Å². The van der Waals surface area contributed by atoms with E-state index < -0.39 is 0 Å². The van der Waals surface area contributed by atoms with Gasteiger partial charge in [0.2, 0.25) is 5.91 Å². The normalized spacial score (nSPS) is 23.5. The second kappa shape index (κ2) is 5.48. The van der Waals surface area contributed by atoms with Crippen molar-refractivity contribution in [2.75, 3.05) is 13.2 Å². The van der Waals surface area contributed by atoms with Crippen LogP contribution in [-0.2, 0) is 4.79 Å². The third-order valence-electron chi connectivity index (χ3n) is 3.36. The minimum atomic E-state index is -0.253. The van der Waals surface area contributed by atoms with Crippen LogP contribution < -0.4 is 5.32 Å². The second-order valence-corrected chi connectivity index (χ2v) is 5.03. The Hall–Kier alpha value is -1.42. The van der Waals surface area contributed by atoms with Crippen molar-refractivity contribution in [3.8, 4) is 0 Å². The largest absolute Gasteiger partial charge is 0.396 e. The zero-order chi connectivity index (χ0) is 13.1. The molecule has 3 nitrogen and oxygen atoms in total. The molecule has 2 rings (SSSR count). The van der Waals surface area contributed by atoms with Crippen LogP contribution in [0.25, 0.3) is 0 Å². The van der Waals surface area contributed by atoms with Crippen LogP contribution in [0.15, 0.2) is 24.3 Å². The third-order valence-corrected chi connectivity index (χ3v) is 3.36. The molecule has 1 aromatic rings. The van der Waals surface area contributed by atoms with E-state index in [-0.39, 0.29) is 36.1 Å². The molecule has 0 aliphatic heterocycles. The molecule has 0 aromatic heterocycles. The standard InChI is InChI=1S/C14H18FNO2/c1-9(8-17)7-16-14(18)13-6-12(13)10-2-4-11(15)5-3-10/h2-5,9,12-13,17H,6-8H2,1H3,(H,16,18). The Labute approximate surface area is 106 Å². The van der Waals surface area contributed by atoms with Gasteiger partial charge in [-0.25, -0.2) is 4.39 Å². The highest BCUT2D eigenvalue weighted by atomic mass is 19.1. The minimum Gasteiger partial charge on any atom is -0.396 e. The predicted molar refractivity (Wildman–Crippen MR) is 66.5 cm³/mol. The number of carbonyl (C=O) groups is 1. The molecule has 1 aromatic carbocycles. The zero-order valence-electron chi connectivity index (χ0n) is 10.4. The molecule has 0 bridgehead atoms. The minimum absolute atomic E-state index is 0.00125. The summed E-state index contributed by atoms with van der Waals surface area (Å²) in [4.78, 5) is 11.8. The van der Waals surface area contributed by atoms with Gasteiger partial charge in [-0.3, -0.25) is 4.79 Å². The molecule has 1 aliphatic carbocycles. The van der Waals surface area contributed by atoms with Crippen molar-refractivity contribution in [3.05, 3.63) is 35.6 Å². The van der Waals surface area contributed by atoms with Crippen molar-refractivity contribution in [1.82, 2.24) is 5.32 Å². The molecule has 0 spiro atoms. The number of halogens is 1. The van der Waals surface area contributed by atoms with Crippen LogP contribution in [0.1, 0.15) is 24.8 Å². The van der Waals surface area contributed by atoms with Crippen molar-refractivity contribution in [2.24, 2.45) is 11.8 Å². The predicted octanol–water partition coefficient (Wildman–Crippen LogP) is 1.67. The summed E-state index contributed by atoms with van der Waals surface area (Å²) in [6.45, 7) is 2.46. The average molecular weight is 251 g/mol. The number of hydrogen-bond donors (Lipinski definition) is 2. The fourth-order valence-electron chi connectivity index (χ4n) is 2.03.